The molecule has 0 spiro atoms. The molecule has 0 bridgehead atoms. The van der Waals surface area contributed by atoms with E-state index < -0.39 is 0 Å². The predicted octanol–water partition coefficient (Wildman–Crippen LogP) is 2.87. The van der Waals surface area contributed by atoms with E-state index in [2.05, 4.69) is 12.1 Å². The molecule has 1 aliphatic heterocycles. The van der Waals surface area contributed by atoms with Gasteiger partial charge < -0.3 is 14.4 Å². The number of ether oxygens (including phenoxy) is 2. The Balaban J connectivity index is 1.98. The molecule has 1 heterocycles. The Hall–Kier alpha value is -1.39. The molecular formula is C18H27NO3. The van der Waals surface area contributed by atoms with Crippen LogP contribution >= 0.6 is 0 Å². The van der Waals surface area contributed by atoms with Gasteiger partial charge >= 0.3 is 0 Å². The number of carbonyl (C=O) groups excluding carboxylic acids is 1. The van der Waals surface area contributed by atoms with Gasteiger partial charge in [0.2, 0.25) is 5.91 Å². The monoisotopic (exact) mass is 305 g/mol. The number of benzene rings is 1. The number of carbonyl (C=O) groups is 1. The first-order valence-corrected chi connectivity index (χ1v) is 7.96. The van der Waals surface area contributed by atoms with Gasteiger partial charge in [0.25, 0.3) is 0 Å². The summed E-state index contributed by atoms with van der Waals surface area (Å²) in [5.74, 6) is 0.182. The zero-order valence-corrected chi connectivity index (χ0v) is 13.9. The lowest BCUT2D eigenvalue weighted by Crippen LogP contribution is -2.45. The SMILES string of the molecule is COCCCC(C)(C)C(=O)N1COC[C@@H]1Cc1ccccc1. The lowest BCUT2D eigenvalue weighted by Gasteiger charge is -2.32. The van der Waals surface area contributed by atoms with E-state index in [1.54, 1.807) is 7.11 Å². The summed E-state index contributed by atoms with van der Waals surface area (Å²) in [7, 11) is 1.69. The number of hydrogen-bond donors (Lipinski definition) is 0. The van der Waals surface area contributed by atoms with Crippen LogP contribution in [0, 0.1) is 5.41 Å². The van der Waals surface area contributed by atoms with Crippen LogP contribution in [0.4, 0.5) is 0 Å². The number of methoxy groups -OCH3 is 1. The summed E-state index contributed by atoms with van der Waals surface area (Å²) in [5, 5.41) is 0. The van der Waals surface area contributed by atoms with Crippen LogP contribution < -0.4 is 0 Å². The van der Waals surface area contributed by atoms with Crippen molar-refractivity contribution < 1.29 is 14.3 Å². The second kappa shape index (κ2) is 7.75. The van der Waals surface area contributed by atoms with Crippen molar-refractivity contribution in [2.45, 2.75) is 39.2 Å². The normalized spacial score (nSPS) is 18.7. The van der Waals surface area contributed by atoms with Gasteiger partial charge in [0.05, 0.1) is 12.6 Å². The molecule has 4 heteroatoms. The maximum Gasteiger partial charge on any atom is 0.230 e. The Kier molecular flexibility index (Phi) is 5.98. The third kappa shape index (κ3) is 4.31. The quantitative estimate of drug-likeness (QED) is 0.727. The Morgan fingerprint density at radius 2 is 2.09 bits per heavy atom. The number of hydrogen-bond acceptors (Lipinski definition) is 3. The lowest BCUT2D eigenvalue weighted by molar-refractivity contribution is -0.143. The lowest BCUT2D eigenvalue weighted by atomic mass is 9.85. The molecule has 0 aromatic heterocycles. The second-order valence-corrected chi connectivity index (χ2v) is 6.60. The van der Waals surface area contributed by atoms with Crippen LogP contribution in [0.1, 0.15) is 32.3 Å². The minimum absolute atomic E-state index is 0.136. The first-order valence-electron chi connectivity index (χ1n) is 7.96. The summed E-state index contributed by atoms with van der Waals surface area (Å²) >= 11 is 0. The van der Waals surface area contributed by atoms with Crippen molar-refractivity contribution >= 4 is 5.91 Å². The average molecular weight is 305 g/mol. The van der Waals surface area contributed by atoms with Crippen molar-refractivity contribution in [1.82, 2.24) is 4.90 Å². The van der Waals surface area contributed by atoms with Gasteiger partial charge in [-0.1, -0.05) is 44.2 Å². The van der Waals surface area contributed by atoms with Crippen molar-refractivity contribution in [2.75, 3.05) is 27.1 Å². The molecule has 1 aliphatic rings. The Morgan fingerprint density at radius 3 is 2.77 bits per heavy atom. The smallest absolute Gasteiger partial charge is 0.230 e. The van der Waals surface area contributed by atoms with Gasteiger partial charge in [0.15, 0.2) is 0 Å². The van der Waals surface area contributed by atoms with Crippen molar-refractivity contribution in [3.8, 4) is 0 Å². The maximum atomic E-state index is 12.9. The third-order valence-electron chi connectivity index (χ3n) is 4.29. The minimum atomic E-state index is -0.374. The van der Waals surface area contributed by atoms with Crippen molar-refractivity contribution in [1.29, 1.82) is 0 Å². The average Bonchev–Trinajstić information content (AvgIpc) is 2.95. The molecule has 1 atom stereocenters. The van der Waals surface area contributed by atoms with E-state index >= 15 is 0 Å². The van der Waals surface area contributed by atoms with Crippen molar-refractivity contribution in [3.63, 3.8) is 0 Å². The summed E-state index contributed by atoms with van der Waals surface area (Å²) in [5.41, 5.74) is 0.870. The highest BCUT2D eigenvalue weighted by Crippen LogP contribution is 2.28. The van der Waals surface area contributed by atoms with E-state index in [4.69, 9.17) is 9.47 Å². The van der Waals surface area contributed by atoms with Gasteiger partial charge in [-0.3, -0.25) is 4.79 Å². The van der Waals surface area contributed by atoms with Gasteiger partial charge in [0, 0.05) is 19.1 Å². The Bertz CT molecular complexity index is 472. The van der Waals surface area contributed by atoms with E-state index in [0.717, 1.165) is 19.3 Å². The molecule has 1 aromatic carbocycles. The van der Waals surface area contributed by atoms with Gasteiger partial charge in [-0.25, -0.2) is 0 Å². The molecule has 122 valence electrons. The fourth-order valence-corrected chi connectivity index (χ4v) is 2.92. The van der Waals surface area contributed by atoms with Crippen LogP contribution in [0.25, 0.3) is 0 Å². The third-order valence-corrected chi connectivity index (χ3v) is 4.29. The number of nitrogens with zero attached hydrogens (tertiary/aromatic N) is 1. The van der Waals surface area contributed by atoms with Crippen molar-refractivity contribution in [3.05, 3.63) is 35.9 Å². The number of rotatable bonds is 7. The molecular weight excluding hydrogens is 278 g/mol. The van der Waals surface area contributed by atoms with Crippen molar-refractivity contribution in [2.24, 2.45) is 5.41 Å². The fourth-order valence-electron chi connectivity index (χ4n) is 2.92. The Morgan fingerprint density at radius 1 is 1.36 bits per heavy atom. The zero-order valence-electron chi connectivity index (χ0n) is 13.9. The molecule has 0 N–H and O–H groups in total. The minimum Gasteiger partial charge on any atom is -0.385 e. The molecule has 1 fully saturated rings. The van der Waals surface area contributed by atoms with Crippen LogP contribution in [0.3, 0.4) is 0 Å². The van der Waals surface area contributed by atoms with Gasteiger partial charge in [-0.05, 0) is 24.8 Å². The molecule has 0 saturated carbocycles. The molecule has 0 aliphatic carbocycles. The van der Waals surface area contributed by atoms with Gasteiger partial charge in [0.1, 0.15) is 6.73 Å². The first kappa shape index (κ1) is 17.0. The highest BCUT2D eigenvalue weighted by Gasteiger charge is 2.37. The van der Waals surface area contributed by atoms with Crippen LogP contribution in [0.2, 0.25) is 0 Å². The van der Waals surface area contributed by atoms with Crippen LogP contribution in [0.5, 0.6) is 0 Å². The van der Waals surface area contributed by atoms with Crippen LogP contribution in [0.15, 0.2) is 30.3 Å². The largest absolute Gasteiger partial charge is 0.385 e. The molecule has 1 saturated heterocycles. The van der Waals surface area contributed by atoms with E-state index in [1.807, 2.05) is 36.9 Å². The maximum absolute atomic E-state index is 12.9. The number of amides is 1. The fraction of sp³-hybridized carbons (Fsp3) is 0.611. The van der Waals surface area contributed by atoms with E-state index in [-0.39, 0.29) is 17.4 Å². The molecule has 0 unspecified atom stereocenters. The van der Waals surface area contributed by atoms with Crippen LogP contribution in [-0.4, -0.2) is 43.9 Å². The summed E-state index contributed by atoms with van der Waals surface area (Å²) < 4.78 is 10.7. The molecule has 2 rings (SSSR count). The van der Waals surface area contributed by atoms with Gasteiger partial charge in [-0.2, -0.15) is 0 Å². The van der Waals surface area contributed by atoms with E-state index in [9.17, 15) is 4.79 Å². The molecule has 4 nitrogen and oxygen atoms in total. The van der Waals surface area contributed by atoms with E-state index in [0.29, 0.717) is 19.9 Å². The first-order chi connectivity index (χ1) is 10.5. The standard InChI is InChI=1S/C18H27NO3/c1-18(2,10-7-11-21-3)17(20)19-14-22-13-16(19)12-15-8-5-4-6-9-15/h4-6,8-9,16H,7,10-14H2,1-3H3/t16-/m0/s1. The highest BCUT2D eigenvalue weighted by molar-refractivity contribution is 5.82. The highest BCUT2D eigenvalue weighted by atomic mass is 16.5. The van der Waals surface area contributed by atoms with E-state index in [1.165, 1.54) is 5.56 Å². The topological polar surface area (TPSA) is 38.8 Å². The summed E-state index contributed by atoms with van der Waals surface area (Å²) in [4.78, 5) is 14.8. The Labute approximate surface area is 133 Å². The molecule has 22 heavy (non-hydrogen) atoms. The molecule has 1 amide bonds. The second-order valence-electron chi connectivity index (χ2n) is 6.60. The summed E-state index contributed by atoms with van der Waals surface area (Å²) in [6, 6.07) is 10.4. The molecule has 1 aromatic rings. The zero-order chi connectivity index (χ0) is 16.0. The predicted molar refractivity (Wildman–Crippen MR) is 86.5 cm³/mol. The van der Waals surface area contributed by atoms with Crippen LogP contribution in [-0.2, 0) is 20.7 Å². The summed E-state index contributed by atoms with van der Waals surface area (Å²) in [6.07, 6.45) is 2.57. The van der Waals surface area contributed by atoms with Gasteiger partial charge in [-0.15, -0.1) is 0 Å². The molecule has 0 radical (unpaired) electrons. The summed E-state index contributed by atoms with van der Waals surface area (Å²) in [6.45, 7) is 5.76.